The molecule has 118 valence electrons. The summed E-state index contributed by atoms with van der Waals surface area (Å²) < 4.78 is 24.8. The van der Waals surface area contributed by atoms with E-state index in [1.807, 2.05) is 0 Å². The Bertz CT molecular complexity index is 875. The predicted molar refractivity (Wildman–Crippen MR) is 89.3 cm³/mol. The molecule has 0 unspecified atom stereocenters. The summed E-state index contributed by atoms with van der Waals surface area (Å²) in [7, 11) is 3.07. The number of hydrogen-bond donors (Lipinski definition) is 1. The lowest BCUT2D eigenvalue weighted by Crippen LogP contribution is -2.10. The van der Waals surface area contributed by atoms with Gasteiger partial charge in [-0.25, -0.2) is 4.39 Å². The first-order valence-corrected chi connectivity index (χ1v) is 7.65. The first-order valence-electron chi connectivity index (χ1n) is 6.84. The zero-order valence-corrected chi connectivity index (χ0v) is 13.4. The fraction of sp³-hybridized carbons (Fsp3) is 0.118. The lowest BCUT2D eigenvalue weighted by atomic mass is 10.2. The van der Waals surface area contributed by atoms with Crippen LogP contribution in [0.4, 0.5) is 10.1 Å². The molecule has 6 heteroatoms. The van der Waals surface area contributed by atoms with Crippen molar-refractivity contribution < 1.29 is 18.7 Å². The Morgan fingerprint density at radius 2 is 1.87 bits per heavy atom. The van der Waals surface area contributed by atoms with E-state index in [0.29, 0.717) is 27.4 Å². The molecular formula is C17H14FNO3S. The third-order valence-electron chi connectivity index (χ3n) is 3.37. The number of rotatable bonds is 4. The van der Waals surface area contributed by atoms with E-state index in [-0.39, 0.29) is 11.7 Å². The Kier molecular flexibility index (Phi) is 4.16. The third kappa shape index (κ3) is 2.98. The molecule has 0 radical (unpaired) electrons. The van der Waals surface area contributed by atoms with E-state index in [0.717, 1.165) is 4.70 Å². The number of amides is 1. The number of methoxy groups -OCH3 is 2. The molecule has 1 amide bonds. The Labute approximate surface area is 136 Å². The highest BCUT2D eigenvalue weighted by molar-refractivity contribution is 7.20. The fourth-order valence-electron chi connectivity index (χ4n) is 2.24. The SMILES string of the molecule is COc1ccc(NC(=O)c2cc3c(F)cccc3s2)cc1OC. The molecule has 23 heavy (non-hydrogen) atoms. The summed E-state index contributed by atoms with van der Waals surface area (Å²) in [5.74, 6) is 0.476. The van der Waals surface area contributed by atoms with Gasteiger partial charge in [0.2, 0.25) is 0 Å². The molecule has 1 N–H and O–H groups in total. The van der Waals surface area contributed by atoms with Crippen LogP contribution < -0.4 is 14.8 Å². The van der Waals surface area contributed by atoms with Gasteiger partial charge in [0.05, 0.1) is 19.1 Å². The van der Waals surface area contributed by atoms with Gasteiger partial charge in [-0.3, -0.25) is 4.79 Å². The third-order valence-corrected chi connectivity index (χ3v) is 4.47. The molecule has 3 aromatic rings. The quantitative estimate of drug-likeness (QED) is 0.775. The van der Waals surface area contributed by atoms with Crippen molar-refractivity contribution in [1.82, 2.24) is 0 Å². The fourth-order valence-corrected chi connectivity index (χ4v) is 3.21. The van der Waals surface area contributed by atoms with Gasteiger partial charge in [-0.2, -0.15) is 0 Å². The molecule has 0 spiro atoms. The van der Waals surface area contributed by atoms with Crippen molar-refractivity contribution in [2.24, 2.45) is 0 Å². The molecule has 4 nitrogen and oxygen atoms in total. The van der Waals surface area contributed by atoms with Gasteiger partial charge in [-0.05, 0) is 30.3 Å². The highest BCUT2D eigenvalue weighted by Crippen LogP contribution is 2.31. The molecule has 2 aromatic carbocycles. The average molecular weight is 331 g/mol. The van der Waals surface area contributed by atoms with Crippen molar-refractivity contribution in [3.05, 3.63) is 53.2 Å². The molecule has 1 heterocycles. The zero-order chi connectivity index (χ0) is 16.4. The number of anilines is 1. The molecule has 0 saturated carbocycles. The topological polar surface area (TPSA) is 47.6 Å². The molecule has 1 aromatic heterocycles. The van der Waals surface area contributed by atoms with Crippen molar-refractivity contribution in [1.29, 1.82) is 0 Å². The summed E-state index contributed by atoms with van der Waals surface area (Å²) in [6, 6.07) is 11.5. The van der Waals surface area contributed by atoms with Gasteiger partial charge in [0.25, 0.3) is 5.91 Å². The van der Waals surface area contributed by atoms with Gasteiger partial charge in [0.1, 0.15) is 5.82 Å². The summed E-state index contributed by atoms with van der Waals surface area (Å²) in [5.41, 5.74) is 0.575. The largest absolute Gasteiger partial charge is 0.493 e. The van der Waals surface area contributed by atoms with Crippen LogP contribution in [0.3, 0.4) is 0 Å². The van der Waals surface area contributed by atoms with Crippen molar-refractivity contribution in [2.45, 2.75) is 0 Å². The molecule has 0 aliphatic rings. The number of halogens is 1. The summed E-state index contributed by atoms with van der Waals surface area (Å²) in [4.78, 5) is 12.8. The first-order chi connectivity index (χ1) is 11.1. The standard InChI is InChI=1S/C17H14FNO3S/c1-21-13-7-6-10(8-14(13)22-2)19-17(20)16-9-11-12(18)4-3-5-15(11)23-16/h3-9H,1-2H3,(H,19,20). The maximum Gasteiger partial charge on any atom is 0.265 e. The second kappa shape index (κ2) is 6.26. The molecule has 0 aliphatic heterocycles. The van der Waals surface area contributed by atoms with Crippen LogP contribution in [-0.4, -0.2) is 20.1 Å². The molecule has 0 saturated heterocycles. The van der Waals surface area contributed by atoms with Crippen LogP contribution in [0.1, 0.15) is 9.67 Å². The Morgan fingerprint density at radius 3 is 2.57 bits per heavy atom. The molecule has 0 aliphatic carbocycles. The van der Waals surface area contributed by atoms with Crippen molar-refractivity contribution in [2.75, 3.05) is 19.5 Å². The summed E-state index contributed by atoms with van der Waals surface area (Å²) >= 11 is 1.25. The number of hydrogen-bond acceptors (Lipinski definition) is 4. The van der Waals surface area contributed by atoms with E-state index < -0.39 is 0 Å². The second-order valence-corrected chi connectivity index (χ2v) is 5.87. The minimum absolute atomic E-state index is 0.294. The number of thiophene rings is 1. The maximum atomic E-state index is 13.7. The monoisotopic (exact) mass is 331 g/mol. The highest BCUT2D eigenvalue weighted by Gasteiger charge is 2.13. The Hall–Kier alpha value is -2.60. The minimum Gasteiger partial charge on any atom is -0.493 e. The van der Waals surface area contributed by atoms with Gasteiger partial charge in [-0.15, -0.1) is 11.3 Å². The van der Waals surface area contributed by atoms with Crippen LogP contribution in [-0.2, 0) is 0 Å². The molecule has 0 bridgehead atoms. The molecule has 0 atom stereocenters. The Balaban J connectivity index is 1.87. The minimum atomic E-state index is -0.330. The normalized spacial score (nSPS) is 10.6. The summed E-state index contributed by atoms with van der Waals surface area (Å²) in [6.07, 6.45) is 0. The van der Waals surface area contributed by atoms with E-state index in [4.69, 9.17) is 9.47 Å². The Morgan fingerprint density at radius 1 is 1.09 bits per heavy atom. The first kappa shape index (κ1) is 15.3. The van der Waals surface area contributed by atoms with Crippen molar-refractivity contribution in [3.8, 4) is 11.5 Å². The number of benzene rings is 2. The van der Waals surface area contributed by atoms with Gasteiger partial charge in [0.15, 0.2) is 11.5 Å². The number of nitrogens with one attached hydrogen (secondary N) is 1. The molecule has 0 fully saturated rings. The van der Waals surface area contributed by atoms with Crippen LogP contribution in [0, 0.1) is 5.82 Å². The van der Waals surface area contributed by atoms with E-state index in [2.05, 4.69) is 5.32 Å². The number of ether oxygens (including phenoxy) is 2. The number of fused-ring (bicyclic) bond motifs is 1. The lowest BCUT2D eigenvalue weighted by Gasteiger charge is -2.10. The van der Waals surface area contributed by atoms with E-state index in [1.54, 1.807) is 43.5 Å². The number of carbonyl (C=O) groups excluding carboxylic acids is 1. The number of carbonyl (C=O) groups is 1. The van der Waals surface area contributed by atoms with Crippen molar-refractivity contribution >= 4 is 33.0 Å². The van der Waals surface area contributed by atoms with E-state index in [1.165, 1.54) is 24.5 Å². The van der Waals surface area contributed by atoms with Crippen LogP contribution in [0.5, 0.6) is 11.5 Å². The van der Waals surface area contributed by atoms with Crippen LogP contribution in [0.25, 0.3) is 10.1 Å². The smallest absolute Gasteiger partial charge is 0.265 e. The average Bonchev–Trinajstić information content (AvgIpc) is 3.00. The molecular weight excluding hydrogens is 317 g/mol. The molecule has 3 rings (SSSR count). The van der Waals surface area contributed by atoms with Gasteiger partial charge in [-0.1, -0.05) is 6.07 Å². The highest BCUT2D eigenvalue weighted by atomic mass is 32.1. The van der Waals surface area contributed by atoms with Gasteiger partial charge < -0.3 is 14.8 Å². The van der Waals surface area contributed by atoms with E-state index in [9.17, 15) is 9.18 Å². The summed E-state index contributed by atoms with van der Waals surface area (Å²) in [5, 5.41) is 3.23. The van der Waals surface area contributed by atoms with Crippen molar-refractivity contribution in [3.63, 3.8) is 0 Å². The summed E-state index contributed by atoms with van der Waals surface area (Å²) in [6.45, 7) is 0. The van der Waals surface area contributed by atoms with Crippen LogP contribution in [0.2, 0.25) is 0 Å². The van der Waals surface area contributed by atoms with Gasteiger partial charge in [0, 0.05) is 21.8 Å². The van der Waals surface area contributed by atoms with Crippen LogP contribution >= 0.6 is 11.3 Å². The lowest BCUT2D eigenvalue weighted by molar-refractivity contribution is 0.103. The maximum absolute atomic E-state index is 13.7. The van der Waals surface area contributed by atoms with E-state index >= 15 is 0 Å². The van der Waals surface area contributed by atoms with Crippen LogP contribution in [0.15, 0.2) is 42.5 Å². The predicted octanol–water partition coefficient (Wildman–Crippen LogP) is 4.31. The zero-order valence-electron chi connectivity index (χ0n) is 12.6. The van der Waals surface area contributed by atoms with Gasteiger partial charge >= 0.3 is 0 Å². The second-order valence-electron chi connectivity index (χ2n) is 4.79.